The Hall–Kier alpha value is -1.39. The Morgan fingerprint density at radius 1 is 1.12 bits per heavy atom. The number of likely N-dealkylation sites (tertiary alicyclic amines) is 1. The van der Waals surface area contributed by atoms with Crippen LogP contribution in [0.15, 0.2) is 4.52 Å². The van der Waals surface area contributed by atoms with E-state index in [4.69, 9.17) is 9.51 Å². The molecular formula is C19H27N3O2. The molecule has 1 aliphatic heterocycles. The van der Waals surface area contributed by atoms with Crippen LogP contribution in [0, 0.1) is 17.8 Å². The van der Waals surface area contributed by atoms with E-state index in [1.807, 2.05) is 4.90 Å². The van der Waals surface area contributed by atoms with Gasteiger partial charge in [0.05, 0.1) is 0 Å². The molecule has 4 fully saturated rings. The molecule has 24 heavy (non-hydrogen) atoms. The lowest BCUT2D eigenvalue weighted by Crippen LogP contribution is -2.27. The normalized spacial score (nSPS) is 34.1. The van der Waals surface area contributed by atoms with Gasteiger partial charge in [-0.05, 0) is 37.0 Å². The highest BCUT2D eigenvalue weighted by molar-refractivity contribution is 5.79. The molecule has 130 valence electrons. The largest absolute Gasteiger partial charge is 0.342 e. The third-order valence-electron chi connectivity index (χ3n) is 6.62. The zero-order valence-electron chi connectivity index (χ0n) is 14.3. The maximum atomic E-state index is 12.2. The standard InChI is InChI=1S/C19H27N3O2/c23-17-8-14(11-22(17)10-12-6-7-12)18-20-19(24-21-18)16-9-15(16)13-4-2-1-3-5-13/h12-16H,1-11H2/t14-,15-,16+/m0/s1. The van der Waals surface area contributed by atoms with Crippen molar-refractivity contribution in [3.8, 4) is 0 Å². The first-order valence-electron chi connectivity index (χ1n) is 9.89. The maximum Gasteiger partial charge on any atom is 0.230 e. The van der Waals surface area contributed by atoms with E-state index in [0.29, 0.717) is 12.3 Å². The van der Waals surface area contributed by atoms with Gasteiger partial charge in [0, 0.05) is 31.3 Å². The number of hydrogen-bond donors (Lipinski definition) is 0. The van der Waals surface area contributed by atoms with Crippen molar-refractivity contribution in [2.45, 2.75) is 69.6 Å². The summed E-state index contributed by atoms with van der Waals surface area (Å²) in [6.45, 7) is 1.72. The van der Waals surface area contributed by atoms with Crippen LogP contribution in [-0.2, 0) is 4.79 Å². The Labute approximate surface area is 143 Å². The Morgan fingerprint density at radius 3 is 2.75 bits per heavy atom. The molecule has 0 aromatic carbocycles. The van der Waals surface area contributed by atoms with Crippen LogP contribution in [0.1, 0.15) is 81.3 Å². The number of amides is 1. The monoisotopic (exact) mass is 329 g/mol. The molecule has 1 aromatic heterocycles. The molecule has 0 bridgehead atoms. The zero-order valence-corrected chi connectivity index (χ0v) is 14.3. The van der Waals surface area contributed by atoms with Crippen LogP contribution in [0.5, 0.6) is 0 Å². The van der Waals surface area contributed by atoms with Crippen LogP contribution in [0.2, 0.25) is 0 Å². The molecule has 0 unspecified atom stereocenters. The minimum absolute atomic E-state index is 0.139. The molecule has 1 saturated heterocycles. The summed E-state index contributed by atoms with van der Waals surface area (Å²) in [7, 11) is 0. The quantitative estimate of drug-likeness (QED) is 0.830. The fraction of sp³-hybridized carbons (Fsp3) is 0.842. The van der Waals surface area contributed by atoms with Gasteiger partial charge in [-0.15, -0.1) is 0 Å². The van der Waals surface area contributed by atoms with Crippen molar-refractivity contribution in [1.29, 1.82) is 0 Å². The van der Waals surface area contributed by atoms with Gasteiger partial charge in [0.25, 0.3) is 0 Å². The molecule has 1 aromatic rings. The van der Waals surface area contributed by atoms with Gasteiger partial charge in [-0.25, -0.2) is 0 Å². The van der Waals surface area contributed by atoms with Gasteiger partial charge in [0.15, 0.2) is 5.82 Å². The first-order valence-corrected chi connectivity index (χ1v) is 9.89. The van der Waals surface area contributed by atoms with Gasteiger partial charge in [-0.2, -0.15) is 4.98 Å². The summed E-state index contributed by atoms with van der Waals surface area (Å²) in [4.78, 5) is 18.9. The lowest BCUT2D eigenvalue weighted by atomic mass is 9.85. The maximum absolute atomic E-state index is 12.2. The topological polar surface area (TPSA) is 59.2 Å². The molecule has 2 heterocycles. The number of aromatic nitrogens is 2. The molecule has 0 radical (unpaired) electrons. The summed E-state index contributed by atoms with van der Waals surface area (Å²) in [6.07, 6.45) is 11.3. The minimum Gasteiger partial charge on any atom is -0.342 e. The average Bonchev–Trinajstić information content (AvgIpc) is 3.50. The van der Waals surface area contributed by atoms with Crippen LogP contribution in [0.4, 0.5) is 0 Å². The fourth-order valence-corrected chi connectivity index (χ4v) is 4.88. The van der Waals surface area contributed by atoms with Gasteiger partial charge in [0.1, 0.15) is 0 Å². The van der Waals surface area contributed by atoms with Crippen molar-refractivity contribution >= 4 is 5.91 Å². The summed E-state index contributed by atoms with van der Waals surface area (Å²) in [5, 5.41) is 4.24. The van der Waals surface area contributed by atoms with Crippen molar-refractivity contribution in [3.05, 3.63) is 11.7 Å². The summed E-state index contributed by atoms with van der Waals surface area (Å²) < 4.78 is 5.60. The van der Waals surface area contributed by atoms with E-state index < -0.39 is 0 Å². The summed E-state index contributed by atoms with van der Waals surface area (Å²) in [5.74, 6) is 4.91. The van der Waals surface area contributed by atoms with E-state index in [1.165, 1.54) is 51.4 Å². The lowest BCUT2D eigenvalue weighted by molar-refractivity contribution is -0.127. The second kappa shape index (κ2) is 5.85. The van der Waals surface area contributed by atoms with E-state index in [-0.39, 0.29) is 11.8 Å². The molecule has 5 rings (SSSR count). The van der Waals surface area contributed by atoms with Gasteiger partial charge in [-0.3, -0.25) is 4.79 Å². The Morgan fingerprint density at radius 2 is 1.96 bits per heavy atom. The average molecular weight is 329 g/mol. The molecule has 3 atom stereocenters. The summed E-state index contributed by atoms with van der Waals surface area (Å²) >= 11 is 0. The Kier molecular flexibility index (Phi) is 3.64. The van der Waals surface area contributed by atoms with Crippen LogP contribution < -0.4 is 0 Å². The number of rotatable bonds is 5. The molecular weight excluding hydrogens is 302 g/mol. The molecule has 3 aliphatic carbocycles. The highest BCUT2D eigenvalue weighted by Crippen LogP contribution is 2.54. The van der Waals surface area contributed by atoms with Crippen LogP contribution in [0.3, 0.4) is 0 Å². The Bertz CT molecular complexity index is 618. The zero-order chi connectivity index (χ0) is 16.1. The third-order valence-corrected chi connectivity index (χ3v) is 6.62. The van der Waals surface area contributed by atoms with Crippen molar-refractivity contribution in [2.24, 2.45) is 17.8 Å². The van der Waals surface area contributed by atoms with Crippen LogP contribution in [-0.4, -0.2) is 34.0 Å². The second-order valence-electron chi connectivity index (χ2n) is 8.54. The summed E-state index contributed by atoms with van der Waals surface area (Å²) in [5.41, 5.74) is 0. The molecule has 0 N–H and O–H groups in total. The predicted molar refractivity (Wildman–Crippen MR) is 88.4 cm³/mol. The number of carbonyl (C=O) groups excluding carboxylic acids is 1. The van der Waals surface area contributed by atoms with E-state index in [1.54, 1.807) is 0 Å². The van der Waals surface area contributed by atoms with Crippen molar-refractivity contribution in [2.75, 3.05) is 13.1 Å². The molecule has 5 heteroatoms. The highest BCUT2D eigenvalue weighted by atomic mass is 16.5. The van der Waals surface area contributed by atoms with Gasteiger partial charge < -0.3 is 9.42 Å². The van der Waals surface area contributed by atoms with E-state index >= 15 is 0 Å². The minimum atomic E-state index is 0.139. The van der Waals surface area contributed by atoms with Crippen molar-refractivity contribution in [3.63, 3.8) is 0 Å². The number of carbonyl (C=O) groups is 1. The fourth-order valence-electron chi connectivity index (χ4n) is 4.88. The van der Waals surface area contributed by atoms with E-state index in [0.717, 1.165) is 42.6 Å². The SMILES string of the molecule is O=C1C[C@H](c2noc([C@@H]3C[C@H]3C3CCCCC3)n2)CN1CC1CC1. The van der Waals surface area contributed by atoms with Crippen LogP contribution in [0.25, 0.3) is 0 Å². The van der Waals surface area contributed by atoms with E-state index in [2.05, 4.69) is 5.16 Å². The van der Waals surface area contributed by atoms with Gasteiger partial charge >= 0.3 is 0 Å². The van der Waals surface area contributed by atoms with Crippen molar-refractivity contribution < 1.29 is 9.32 Å². The predicted octanol–water partition coefficient (Wildman–Crippen LogP) is 3.48. The first-order chi connectivity index (χ1) is 11.8. The molecule has 0 spiro atoms. The van der Waals surface area contributed by atoms with Crippen LogP contribution >= 0.6 is 0 Å². The third kappa shape index (κ3) is 2.86. The molecule has 5 nitrogen and oxygen atoms in total. The number of nitrogens with zero attached hydrogens (tertiary/aromatic N) is 3. The Balaban J connectivity index is 1.21. The summed E-state index contributed by atoms with van der Waals surface area (Å²) in [6, 6.07) is 0. The highest BCUT2D eigenvalue weighted by Gasteiger charge is 2.47. The molecule has 3 saturated carbocycles. The second-order valence-corrected chi connectivity index (χ2v) is 8.54. The first kappa shape index (κ1) is 14.9. The van der Waals surface area contributed by atoms with E-state index in [9.17, 15) is 4.79 Å². The molecule has 4 aliphatic rings. The van der Waals surface area contributed by atoms with Crippen molar-refractivity contribution in [1.82, 2.24) is 15.0 Å². The van der Waals surface area contributed by atoms with Gasteiger partial charge in [0.2, 0.25) is 11.8 Å². The number of hydrogen-bond acceptors (Lipinski definition) is 4. The lowest BCUT2D eigenvalue weighted by Gasteiger charge is -2.21. The smallest absolute Gasteiger partial charge is 0.230 e. The molecule has 1 amide bonds. The van der Waals surface area contributed by atoms with Gasteiger partial charge in [-0.1, -0.05) is 37.3 Å².